The Balaban J connectivity index is 1.43. The highest BCUT2D eigenvalue weighted by atomic mass is 16.5. The molecule has 5 aromatic rings. The molecular weight excluding hydrogens is 388 g/mol. The molecule has 0 fully saturated rings. The van der Waals surface area contributed by atoms with Gasteiger partial charge in [-0.2, -0.15) is 5.10 Å². The van der Waals surface area contributed by atoms with Crippen LogP contribution in [0.3, 0.4) is 0 Å². The Labute approximate surface area is 178 Å². The van der Waals surface area contributed by atoms with Crippen molar-refractivity contribution in [3.63, 3.8) is 0 Å². The Hall–Kier alpha value is -4.32. The first-order valence-electron chi connectivity index (χ1n) is 9.85. The molecule has 0 unspecified atom stereocenters. The van der Waals surface area contributed by atoms with E-state index < -0.39 is 5.97 Å². The summed E-state index contributed by atoms with van der Waals surface area (Å²) < 4.78 is 7.44. The van der Waals surface area contributed by atoms with E-state index in [2.05, 4.69) is 9.97 Å². The van der Waals surface area contributed by atoms with E-state index in [1.807, 2.05) is 66.9 Å². The zero-order valence-electron chi connectivity index (χ0n) is 16.6. The van der Waals surface area contributed by atoms with E-state index in [1.165, 1.54) is 0 Å². The fraction of sp³-hybridized carbons (Fsp3) is 0.0400. The molecule has 0 saturated heterocycles. The summed E-state index contributed by atoms with van der Waals surface area (Å²) in [7, 11) is 0. The summed E-state index contributed by atoms with van der Waals surface area (Å²) in [5, 5.41) is 4.75. The lowest BCUT2D eigenvalue weighted by Crippen LogP contribution is -2.05. The second-order valence-corrected chi connectivity index (χ2v) is 6.99. The number of esters is 1. The van der Waals surface area contributed by atoms with Gasteiger partial charge in [-0.05, 0) is 30.3 Å². The molecule has 6 heteroatoms. The number of benzene rings is 3. The Kier molecular flexibility index (Phi) is 4.94. The first-order valence-corrected chi connectivity index (χ1v) is 9.85. The predicted molar refractivity (Wildman–Crippen MR) is 118 cm³/mol. The summed E-state index contributed by atoms with van der Waals surface area (Å²) in [4.78, 5) is 21.2. The summed E-state index contributed by atoms with van der Waals surface area (Å²) in [5.74, 6) is -0.418. The summed E-state index contributed by atoms with van der Waals surface area (Å²) in [6.45, 7) is 0.106. The number of carbonyl (C=O) groups is 1. The summed E-state index contributed by atoms with van der Waals surface area (Å²) in [6, 6.07) is 24.9. The lowest BCUT2D eigenvalue weighted by Gasteiger charge is -2.06. The van der Waals surface area contributed by atoms with Crippen LogP contribution < -0.4 is 0 Å². The molecule has 0 spiro atoms. The molecule has 5 rings (SSSR count). The molecule has 2 heterocycles. The van der Waals surface area contributed by atoms with Crippen LogP contribution in [0.1, 0.15) is 15.9 Å². The highest BCUT2D eigenvalue weighted by Gasteiger charge is 2.15. The maximum absolute atomic E-state index is 12.7. The monoisotopic (exact) mass is 406 g/mol. The molecule has 0 aliphatic heterocycles. The predicted octanol–water partition coefficient (Wildman–Crippen LogP) is 4.84. The van der Waals surface area contributed by atoms with Crippen molar-refractivity contribution in [1.82, 2.24) is 19.7 Å². The molecule has 0 aliphatic rings. The summed E-state index contributed by atoms with van der Waals surface area (Å²) >= 11 is 0. The highest BCUT2D eigenvalue weighted by Crippen LogP contribution is 2.25. The third-order valence-electron chi connectivity index (χ3n) is 4.92. The van der Waals surface area contributed by atoms with E-state index in [1.54, 1.807) is 35.3 Å². The van der Waals surface area contributed by atoms with Crippen LogP contribution in [-0.4, -0.2) is 25.7 Å². The Morgan fingerprint density at radius 1 is 0.839 bits per heavy atom. The van der Waals surface area contributed by atoms with Crippen LogP contribution in [0, 0.1) is 0 Å². The molecule has 0 amide bonds. The molecule has 0 radical (unpaired) electrons. The largest absolute Gasteiger partial charge is 0.457 e. The molecule has 0 bridgehead atoms. The van der Waals surface area contributed by atoms with Crippen LogP contribution in [0.2, 0.25) is 0 Å². The topological polar surface area (TPSA) is 69.9 Å². The van der Waals surface area contributed by atoms with Crippen molar-refractivity contribution in [3.8, 4) is 16.9 Å². The van der Waals surface area contributed by atoms with Gasteiger partial charge in [-0.1, -0.05) is 48.5 Å². The van der Waals surface area contributed by atoms with Crippen molar-refractivity contribution in [3.05, 3.63) is 109 Å². The first kappa shape index (κ1) is 18.7. The van der Waals surface area contributed by atoms with Crippen molar-refractivity contribution in [2.75, 3.05) is 0 Å². The average molecular weight is 406 g/mol. The van der Waals surface area contributed by atoms with Gasteiger partial charge < -0.3 is 4.74 Å². The third kappa shape index (κ3) is 3.91. The molecule has 0 aliphatic carbocycles. The standard InChI is InChI=1S/C25H18N4O2/c30-25(19-11-12-22-23(15-19)27-14-13-26-22)31-17-20-16-29(21-9-5-2-6-10-21)28-24(20)18-7-3-1-4-8-18/h1-16H,17H2. The number of hydrogen-bond donors (Lipinski definition) is 0. The van der Waals surface area contributed by atoms with E-state index in [4.69, 9.17) is 9.84 Å². The minimum Gasteiger partial charge on any atom is -0.457 e. The van der Waals surface area contributed by atoms with Gasteiger partial charge >= 0.3 is 5.97 Å². The van der Waals surface area contributed by atoms with Gasteiger partial charge in [0.05, 0.1) is 28.0 Å². The molecule has 0 saturated carbocycles. The van der Waals surface area contributed by atoms with Crippen LogP contribution in [0.4, 0.5) is 0 Å². The van der Waals surface area contributed by atoms with E-state index in [0.717, 1.165) is 28.0 Å². The number of aromatic nitrogens is 4. The lowest BCUT2D eigenvalue weighted by molar-refractivity contribution is 0.0473. The van der Waals surface area contributed by atoms with Crippen molar-refractivity contribution < 1.29 is 9.53 Å². The Morgan fingerprint density at radius 3 is 2.32 bits per heavy atom. The zero-order valence-corrected chi connectivity index (χ0v) is 16.6. The quantitative estimate of drug-likeness (QED) is 0.391. The van der Waals surface area contributed by atoms with Gasteiger partial charge in [0.15, 0.2) is 0 Å². The van der Waals surface area contributed by atoms with Crippen LogP contribution >= 0.6 is 0 Å². The molecule has 31 heavy (non-hydrogen) atoms. The van der Waals surface area contributed by atoms with Crippen LogP contribution in [0.25, 0.3) is 28.0 Å². The molecule has 0 atom stereocenters. The van der Waals surface area contributed by atoms with Crippen LogP contribution in [-0.2, 0) is 11.3 Å². The van der Waals surface area contributed by atoms with Crippen molar-refractivity contribution in [2.24, 2.45) is 0 Å². The molecule has 3 aromatic carbocycles. The SMILES string of the molecule is O=C(OCc1cn(-c2ccccc2)nc1-c1ccccc1)c1ccc2nccnc2c1. The molecule has 6 nitrogen and oxygen atoms in total. The molecular formula is C25H18N4O2. The van der Waals surface area contributed by atoms with Crippen molar-refractivity contribution >= 4 is 17.0 Å². The van der Waals surface area contributed by atoms with Gasteiger partial charge in [0, 0.05) is 29.7 Å². The highest BCUT2D eigenvalue weighted by molar-refractivity contribution is 5.93. The number of nitrogens with zero attached hydrogens (tertiary/aromatic N) is 4. The van der Waals surface area contributed by atoms with Gasteiger partial charge in [-0.25, -0.2) is 9.48 Å². The number of rotatable bonds is 5. The van der Waals surface area contributed by atoms with Crippen LogP contribution in [0.15, 0.2) is 97.5 Å². The van der Waals surface area contributed by atoms with Crippen molar-refractivity contribution in [2.45, 2.75) is 6.61 Å². The van der Waals surface area contributed by atoms with E-state index >= 15 is 0 Å². The minimum atomic E-state index is -0.418. The smallest absolute Gasteiger partial charge is 0.338 e. The van der Waals surface area contributed by atoms with Gasteiger partial charge in [0.25, 0.3) is 0 Å². The maximum atomic E-state index is 12.7. The Bertz CT molecular complexity index is 1350. The normalized spacial score (nSPS) is 10.8. The number of hydrogen-bond acceptors (Lipinski definition) is 5. The van der Waals surface area contributed by atoms with E-state index in [0.29, 0.717) is 11.1 Å². The molecule has 2 aromatic heterocycles. The van der Waals surface area contributed by atoms with Gasteiger partial charge in [0.1, 0.15) is 6.61 Å². The van der Waals surface area contributed by atoms with E-state index in [9.17, 15) is 4.79 Å². The van der Waals surface area contributed by atoms with Gasteiger partial charge in [0.2, 0.25) is 0 Å². The van der Waals surface area contributed by atoms with Crippen molar-refractivity contribution in [1.29, 1.82) is 0 Å². The fourth-order valence-corrected chi connectivity index (χ4v) is 3.38. The van der Waals surface area contributed by atoms with Gasteiger partial charge in [-0.15, -0.1) is 0 Å². The number of ether oxygens (including phenoxy) is 1. The number of fused-ring (bicyclic) bond motifs is 1. The molecule has 150 valence electrons. The summed E-state index contributed by atoms with van der Waals surface area (Å²) in [5.41, 5.74) is 5.32. The zero-order chi connectivity index (χ0) is 21.0. The molecule has 0 N–H and O–H groups in total. The second-order valence-electron chi connectivity index (χ2n) is 6.99. The van der Waals surface area contributed by atoms with Gasteiger partial charge in [-0.3, -0.25) is 9.97 Å². The lowest BCUT2D eigenvalue weighted by atomic mass is 10.1. The fourth-order valence-electron chi connectivity index (χ4n) is 3.38. The first-order chi connectivity index (χ1) is 15.3. The third-order valence-corrected chi connectivity index (χ3v) is 4.92. The average Bonchev–Trinajstić information content (AvgIpc) is 3.28. The summed E-state index contributed by atoms with van der Waals surface area (Å²) in [6.07, 6.45) is 5.12. The minimum absolute atomic E-state index is 0.106. The van der Waals surface area contributed by atoms with E-state index in [-0.39, 0.29) is 6.61 Å². The Morgan fingerprint density at radius 2 is 1.55 bits per heavy atom. The second kappa shape index (κ2) is 8.20. The van der Waals surface area contributed by atoms with Crippen LogP contribution in [0.5, 0.6) is 0 Å². The maximum Gasteiger partial charge on any atom is 0.338 e. The number of para-hydroxylation sites is 1. The number of carbonyl (C=O) groups excluding carboxylic acids is 1.